The molecule has 176 valence electrons. The molecule has 4 aromatic heterocycles. The summed E-state index contributed by atoms with van der Waals surface area (Å²) in [6.45, 7) is 0.347. The molecule has 0 saturated heterocycles. The van der Waals surface area contributed by atoms with Crippen LogP contribution in [0.3, 0.4) is 0 Å². The van der Waals surface area contributed by atoms with Gasteiger partial charge in [-0.1, -0.05) is 30.3 Å². The SMILES string of the molecule is Cn1c(=O)[nH]c2ncc(-c3cccc(C(=O)NCc4ccc(-n5cnc6ccccc65)nc4)c3)cc21. The van der Waals surface area contributed by atoms with E-state index < -0.39 is 0 Å². The molecule has 6 rings (SSSR count). The number of carbonyl (C=O) groups excluding carboxylic acids is 1. The third-order valence-electron chi connectivity index (χ3n) is 6.18. The van der Waals surface area contributed by atoms with Crippen molar-refractivity contribution < 1.29 is 4.79 Å². The number of rotatable bonds is 5. The van der Waals surface area contributed by atoms with Gasteiger partial charge in [-0.2, -0.15) is 0 Å². The molecule has 0 radical (unpaired) electrons. The van der Waals surface area contributed by atoms with Crippen molar-refractivity contribution in [2.75, 3.05) is 0 Å². The van der Waals surface area contributed by atoms with Gasteiger partial charge in [0.1, 0.15) is 12.1 Å². The van der Waals surface area contributed by atoms with Gasteiger partial charge < -0.3 is 5.32 Å². The Balaban J connectivity index is 1.17. The fourth-order valence-corrected chi connectivity index (χ4v) is 4.19. The molecule has 0 unspecified atom stereocenters. The lowest BCUT2D eigenvalue weighted by atomic mass is 10.0. The minimum Gasteiger partial charge on any atom is -0.348 e. The van der Waals surface area contributed by atoms with Crippen LogP contribution in [-0.4, -0.2) is 35.0 Å². The number of para-hydroxylation sites is 2. The number of nitrogens with one attached hydrogen (secondary N) is 2. The molecule has 9 nitrogen and oxygen atoms in total. The highest BCUT2D eigenvalue weighted by Crippen LogP contribution is 2.23. The number of benzene rings is 2. The summed E-state index contributed by atoms with van der Waals surface area (Å²) in [5.41, 5.74) is 5.98. The number of hydrogen-bond acceptors (Lipinski definition) is 5. The first-order valence-electron chi connectivity index (χ1n) is 11.4. The van der Waals surface area contributed by atoms with Crippen molar-refractivity contribution in [2.45, 2.75) is 6.54 Å². The van der Waals surface area contributed by atoms with E-state index >= 15 is 0 Å². The predicted molar refractivity (Wildman–Crippen MR) is 137 cm³/mol. The van der Waals surface area contributed by atoms with Crippen molar-refractivity contribution in [3.05, 3.63) is 107 Å². The van der Waals surface area contributed by atoms with E-state index in [1.165, 1.54) is 4.57 Å². The van der Waals surface area contributed by atoms with Crippen LogP contribution in [0.2, 0.25) is 0 Å². The third-order valence-corrected chi connectivity index (χ3v) is 6.18. The van der Waals surface area contributed by atoms with Crippen LogP contribution in [-0.2, 0) is 13.6 Å². The van der Waals surface area contributed by atoms with E-state index in [9.17, 15) is 9.59 Å². The highest BCUT2D eigenvalue weighted by atomic mass is 16.2. The van der Waals surface area contributed by atoms with Crippen molar-refractivity contribution in [3.63, 3.8) is 0 Å². The van der Waals surface area contributed by atoms with Crippen molar-refractivity contribution in [1.29, 1.82) is 0 Å². The average Bonchev–Trinajstić information content (AvgIpc) is 3.48. The second-order valence-electron chi connectivity index (χ2n) is 8.47. The fraction of sp³-hybridized carbons (Fsp3) is 0.0741. The first-order valence-corrected chi connectivity index (χ1v) is 11.4. The van der Waals surface area contributed by atoms with E-state index in [-0.39, 0.29) is 11.6 Å². The number of aromatic nitrogens is 6. The molecular weight excluding hydrogens is 454 g/mol. The molecule has 0 spiro atoms. The highest BCUT2D eigenvalue weighted by molar-refractivity contribution is 5.95. The van der Waals surface area contributed by atoms with E-state index in [1.807, 2.05) is 65.2 Å². The van der Waals surface area contributed by atoms with Crippen LogP contribution in [0.5, 0.6) is 0 Å². The van der Waals surface area contributed by atoms with E-state index in [4.69, 9.17) is 0 Å². The normalized spacial score (nSPS) is 11.2. The van der Waals surface area contributed by atoms with E-state index in [1.54, 1.807) is 31.8 Å². The highest BCUT2D eigenvalue weighted by Gasteiger charge is 2.11. The largest absolute Gasteiger partial charge is 0.348 e. The Morgan fingerprint density at radius 3 is 2.67 bits per heavy atom. The lowest BCUT2D eigenvalue weighted by Gasteiger charge is -2.09. The fourth-order valence-electron chi connectivity index (χ4n) is 4.19. The van der Waals surface area contributed by atoms with Gasteiger partial charge in [0.2, 0.25) is 0 Å². The Bertz CT molecular complexity index is 1800. The molecule has 1 amide bonds. The Labute approximate surface area is 205 Å². The molecule has 0 bridgehead atoms. The number of imidazole rings is 2. The molecule has 9 heteroatoms. The molecule has 6 aromatic rings. The van der Waals surface area contributed by atoms with Crippen LogP contribution in [0.25, 0.3) is 39.1 Å². The Kier molecular flexibility index (Phi) is 5.15. The molecule has 0 atom stereocenters. The van der Waals surface area contributed by atoms with Gasteiger partial charge in [0.05, 0.1) is 16.6 Å². The van der Waals surface area contributed by atoms with Gasteiger partial charge in [0.15, 0.2) is 5.65 Å². The zero-order valence-corrected chi connectivity index (χ0v) is 19.3. The zero-order valence-electron chi connectivity index (χ0n) is 19.3. The monoisotopic (exact) mass is 475 g/mol. The molecule has 36 heavy (non-hydrogen) atoms. The van der Waals surface area contributed by atoms with Crippen LogP contribution >= 0.6 is 0 Å². The summed E-state index contributed by atoms with van der Waals surface area (Å²) < 4.78 is 3.44. The standard InChI is InChI=1S/C27H21N7O2/c1-33-23-12-20(15-29-25(23)32-27(33)36)18-5-4-6-19(11-18)26(35)30-14-17-9-10-24(28-13-17)34-16-31-21-7-2-3-8-22(21)34/h2-13,15-16H,14H2,1H3,(H,30,35)(H,29,32,36). The Morgan fingerprint density at radius 2 is 1.81 bits per heavy atom. The maximum absolute atomic E-state index is 12.9. The van der Waals surface area contributed by atoms with Crippen LogP contribution < -0.4 is 11.0 Å². The summed E-state index contributed by atoms with van der Waals surface area (Å²) in [7, 11) is 1.69. The van der Waals surface area contributed by atoms with Crippen molar-refractivity contribution in [2.24, 2.45) is 7.05 Å². The maximum atomic E-state index is 12.9. The zero-order chi connectivity index (χ0) is 24.6. The number of carbonyl (C=O) groups is 1. The molecule has 0 aliphatic carbocycles. The second-order valence-corrected chi connectivity index (χ2v) is 8.47. The number of aromatic amines is 1. The number of pyridine rings is 2. The van der Waals surface area contributed by atoms with Crippen molar-refractivity contribution in [1.82, 2.24) is 34.4 Å². The summed E-state index contributed by atoms with van der Waals surface area (Å²) in [4.78, 5) is 40.7. The van der Waals surface area contributed by atoms with Crippen LogP contribution in [0.4, 0.5) is 0 Å². The summed E-state index contributed by atoms with van der Waals surface area (Å²) in [5, 5.41) is 2.96. The van der Waals surface area contributed by atoms with Gasteiger partial charge in [-0.25, -0.2) is 19.7 Å². The molecule has 4 heterocycles. The average molecular weight is 476 g/mol. The van der Waals surface area contributed by atoms with Gasteiger partial charge in [0.25, 0.3) is 5.91 Å². The number of H-pyrrole nitrogens is 1. The first kappa shape index (κ1) is 21.5. The van der Waals surface area contributed by atoms with Gasteiger partial charge in [-0.15, -0.1) is 0 Å². The summed E-state index contributed by atoms with van der Waals surface area (Å²) in [5.74, 6) is 0.571. The number of hydrogen-bond donors (Lipinski definition) is 2. The van der Waals surface area contributed by atoms with Crippen molar-refractivity contribution in [3.8, 4) is 16.9 Å². The van der Waals surface area contributed by atoms with E-state index in [0.717, 1.165) is 33.5 Å². The molecule has 2 aromatic carbocycles. The van der Waals surface area contributed by atoms with E-state index in [2.05, 4.69) is 25.3 Å². The molecular formula is C27H21N7O2. The van der Waals surface area contributed by atoms with Gasteiger partial charge in [0, 0.05) is 37.1 Å². The van der Waals surface area contributed by atoms with Crippen LogP contribution in [0.1, 0.15) is 15.9 Å². The molecule has 2 N–H and O–H groups in total. The van der Waals surface area contributed by atoms with Gasteiger partial charge in [-0.05, 0) is 47.5 Å². The van der Waals surface area contributed by atoms with Crippen molar-refractivity contribution >= 4 is 28.1 Å². The molecule has 0 aliphatic heterocycles. The lowest BCUT2D eigenvalue weighted by Crippen LogP contribution is -2.22. The summed E-state index contributed by atoms with van der Waals surface area (Å²) in [6, 6.07) is 20.9. The summed E-state index contributed by atoms with van der Waals surface area (Å²) >= 11 is 0. The number of aryl methyl sites for hydroxylation is 1. The number of nitrogens with zero attached hydrogens (tertiary/aromatic N) is 5. The minimum absolute atomic E-state index is 0.190. The molecule has 0 aliphatic rings. The maximum Gasteiger partial charge on any atom is 0.327 e. The molecule has 0 fully saturated rings. The van der Waals surface area contributed by atoms with Crippen LogP contribution in [0.15, 0.2) is 90.2 Å². The third kappa shape index (κ3) is 3.82. The predicted octanol–water partition coefficient (Wildman–Crippen LogP) is 3.59. The number of amides is 1. The summed E-state index contributed by atoms with van der Waals surface area (Å²) in [6.07, 6.45) is 5.19. The quantitative estimate of drug-likeness (QED) is 0.396. The minimum atomic E-state index is -0.219. The topological polar surface area (TPSA) is 110 Å². The molecule has 0 saturated carbocycles. The smallest absolute Gasteiger partial charge is 0.327 e. The first-order chi connectivity index (χ1) is 17.6. The van der Waals surface area contributed by atoms with Crippen LogP contribution in [0, 0.1) is 0 Å². The van der Waals surface area contributed by atoms with Gasteiger partial charge in [-0.3, -0.25) is 18.9 Å². The Morgan fingerprint density at radius 1 is 0.917 bits per heavy atom. The second kappa shape index (κ2) is 8.62. The van der Waals surface area contributed by atoms with E-state index in [0.29, 0.717) is 23.3 Å². The Hall–Kier alpha value is -5.05. The number of fused-ring (bicyclic) bond motifs is 2. The van der Waals surface area contributed by atoms with Gasteiger partial charge >= 0.3 is 5.69 Å². The lowest BCUT2D eigenvalue weighted by molar-refractivity contribution is 0.0951.